The number of hydrogen-bond donors (Lipinski definition) is 1. The molecule has 116 valence electrons. The van der Waals surface area contributed by atoms with E-state index in [-0.39, 0.29) is 18.5 Å². The van der Waals surface area contributed by atoms with Gasteiger partial charge in [-0.15, -0.1) is 0 Å². The zero-order chi connectivity index (χ0) is 15.6. The van der Waals surface area contributed by atoms with E-state index in [2.05, 4.69) is 0 Å². The Morgan fingerprint density at radius 3 is 2.57 bits per heavy atom. The molecule has 3 nitrogen and oxygen atoms in total. The largest absolute Gasteiger partial charge is 0.334 e. The average molecular weight is 296 g/mol. The molecule has 1 unspecified atom stereocenters. The molecule has 2 rings (SSSR count). The summed E-state index contributed by atoms with van der Waals surface area (Å²) in [5.41, 5.74) is 6.28. The van der Waals surface area contributed by atoms with Crippen molar-refractivity contribution in [2.75, 3.05) is 0 Å². The Morgan fingerprint density at radius 1 is 1.38 bits per heavy atom. The highest BCUT2D eigenvalue weighted by molar-refractivity contribution is 5.82. The summed E-state index contributed by atoms with van der Waals surface area (Å²) < 4.78 is 26.7. The summed E-state index contributed by atoms with van der Waals surface area (Å²) in [7, 11) is 0. The molecule has 5 heteroatoms. The number of halogens is 2. The first kappa shape index (κ1) is 15.9. The van der Waals surface area contributed by atoms with E-state index >= 15 is 0 Å². The second-order valence-corrected chi connectivity index (χ2v) is 6.17. The topological polar surface area (TPSA) is 46.3 Å². The lowest BCUT2D eigenvalue weighted by atomic mass is 10.0. The fourth-order valence-corrected chi connectivity index (χ4v) is 2.43. The molecule has 2 N–H and O–H groups in total. The van der Waals surface area contributed by atoms with E-state index < -0.39 is 17.7 Å². The van der Waals surface area contributed by atoms with Gasteiger partial charge in [-0.1, -0.05) is 19.9 Å². The van der Waals surface area contributed by atoms with Crippen molar-refractivity contribution in [3.8, 4) is 0 Å². The van der Waals surface area contributed by atoms with Gasteiger partial charge in [0.15, 0.2) is 0 Å². The molecule has 0 aromatic heterocycles. The lowest BCUT2D eigenvalue weighted by Crippen LogP contribution is -2.45. The van der Waals surface area contributed by atoms with Gasteiger partial charge in [-0.2, -0.15) is 0 Å². The Balaban J connectivity index is 2.10. The molecule has 21 heavy (non-hydrogen) atoms. The fourth-order valence-electron chi connectivity index (χ4n) is 2.43. The third-order valence-corrected chi connectivity index (χ3v) is 3.67. The van der Waals surface area contributed by atoms with Gasteiger partial charge in [-0.25, -0.2) is 8.78 Å². The molecule has 1 aliphatic rings. The number of carbonyl (C=O) groups excluding carboxylic acids is 1. The summed E-state index contributed by atoms with van der Waals surface area (Å²) in [5.74, 6) is -1.05. The predicted molar refractivity (Wildman–Crippen MR) is 77.4 cm³/mol. The summed E-state index contributed by atoms with van der Waals surface area (Å²) in [6.07, 6.45) is 2.44. The third-order valence-electron chi connectivity index (χ3n) is 3.67. The van der Waals surface area contributed by atoms with Gasteiger partial charge in [0.1, 0.15) is 11.6 Å². The molecule has 1 fully saturated rings. The van der Waals surface area contributed by atoms with Gasteiger partial charge in [0.25, 0.3) is 0 Å². The van der Waals surface area contributed by atoms with Crippen molar-refractivity contribution in [3.63, 3.8) is 0 Å². The molecule has 1 amide bonds. The summed E-state index contributed by atoms with van der Waals surface area (Å²) in [6.45, 7) is 4.17. The molecule has 1 aromatic carbocycles. The number of nitrogens with zero attached hydrogens (tertiary/aromatic N) is 1. The fraction of sp³-hybridized carbons (Fsp3) is 0.562. The maximum Gasteiger partial charge on any atom is 0.240 e. The minimum absolute atomic E-state index is 0.139. The van der Waals surface area contributed by atoms with E-state index in [4.69, 9.17) is 5.73 Å². The molecule has 0 spiro atoms. The van der Waals surface area contributed by atoms with E-state index in [1.54, 1.807) is 4.90 Å². The molecule has 0 aliphatic heterocycles. The normalized spacial score (nSPS) is 16.1. The van der Waals surface area contributed by atoms with Crippen LogP contribution in [0.25, 0.3) is 0 Å². The van der Waals surface area contributed by atoms with Crippen molar-refractivity contribution < 1.29 is 13.6 Å². The second kappa shape index (κ2) is 6.52. The second-order valence-electron chi connectivity index (χ2n) is 6.17. The summed E-state index contributed by atoms with van der Waals surface area (Å²) in [5, 5.41) is 0. The van der Waals surface area contributed by atoms with Crippen LogP contribution in [0.5, 0.6) is 0 Å². The smallest absolute Gasteiger partial charge is 0.240 e. The van der Waals surface area contributed by atoms with Crippen molar-refractivity contribution in [2.45, 2.75) is 51.7 Å². The zero-order valence-electron chi connectivity index (χ0n) is 12.5. The van der Waals surface area contributed by atoms with Crippen LogP contribution < -0.4 is 5.73 Å². The third kappa shape index (κ3) is 4.24. The molecule has 1 aliphatic carbocycles. The Hall–Kier alpha value is -1.49. The van der Waals surface area contributed by atoms with Crippen LogP contribution in [-0.4, -0.2) is 22.9 Å². The van der Waals surface area contributed by atoms with Crippen LogP contribution in [0.1, 0.15) is 38.7 Å². The maximum absolute atomic E-state index is 13.8. The van der Waals surface area contributed by atoms with Crippen LogP contribution in [0.3, 0.4) is 0 Å². The summed E-state index contributed by atoms with van der Waals surface area (Å²) in [4.78, 5) is 14.1. The first-order valence-corrected chi connectivity index (χ1v) is 7.38. The van der Waals surface area contributed by atoms with Gasteiger partial charge in [0, 0.05) is 24.2 Å². The van der Waals surface area contributed by atoms with E-state index in [1.807, 2.05) is 13.8 Å². The lowest BCUT2D eigenvalue weighted by molar-refractivity contribution is -0.134. The van der Waals surface area contributed by atoms with E-state index in [9.17, 15) is 13.6 Å². The standard InChI is InChI=1S/C16H22F2N2O/c1-10(2)7-15(19)16(21)20(13-5-6-13)9-11-3-4-12(17)8-14(11)18/h3-4,8,10,13,15H,5-7,9,19H2,1-2H3. The number of benzene rings is 1. The maximum atomic E-state index is 13.8. The molecule has 1 aromatic rings. The molecular formula is C16H22F2N2O. The molecule has 1 atom stereocenters. The number of amides is 1. The van der Waals surface area contributed by atoms with E-state index in [0.29, 0.717) is 17.9 Å². The van der Waals surface area contributed by atoms with Gasteiger partial charge in [-0.05, 0) is 31.2 Å². The van der Waals surface area contributed by atoms with Gasteiger partial charge in [0.05, 0.1) is 6.04 Å². The van der Waals surface area contributed by atoms with Crippen molar-refractivity contribution in [3.05, 3.63) is 35.4 Å². The van der Waals surface area contributed by atoms with Crippen LogP contribution in [0.15, 0.2) is 18.2 Å². The van der Waals surface area contributed by atoms with Gasteiger partial charge >= 0.3 is 0 Å². The highest BCUT2D eigenvalue weighted by Gasteiger charge is 2.35. The molecule has 0 bridgehead atoms. The van der Waals surface area contributed by atoms with Crippen molar-refractivity contribution >= 4 is 5.91 Å². The molecular weight excluding hydrogens is 274 g/mol. The van der Waals surface area contributed by atoms with Crippen molar-refractivity contribution in [1.29, 1.82) is 0 Å². The summed E-state index contributed by atoms with van der Waals surface area (Å²) in [6, 6.07) is 3.02. The quantitative estimate of drug-likeness (QED) is 0.877. The number of carbonyl (C=O) groups is 1. The SMILES string of the molecule is CC(C)CC(N)C(=O)N(Cc1ccc(F)cc1F)C1CC1. The monoisotopic (exact) mass is 296 g/mol. The van der Waals surface area contributed by atoms with E-state index in [0.717, 1.165) is 18.9 Å². The van der Waals surface area contributed by atoms with Crippen molar-refractivity contribution in [1.82, 2.24) is 4.90 Å². The lowest BCUT2D eigenvalue weighted by Gasteiger charge is -2.26. The van der Waals surface area contributed by atoms with Crippen LogP contribution in [-0.2, 0) is 11.3 Å². The number of nitrogens with two attached hydrogens (primary N) is 1. The molecule has 1 saturated carbocycles. The van der Waals surface area contributed by atoms with Crippen LogP contribution in [0, 0.1) is 17.6 Å². The Labute approximate surface area is 124 Å². The van der Waals surface area contributed by atoms with Crippen LogP contribution >= 0.6 is 0 Å². The highest BCUT2D eigenvalue weighted by Crippen LogP contribution is 2.29. The number of hydrogen-bond acceptors (Lipinski definition) is 2. The van der Waals surface area contributed by atoms with Crippen molar-refractivity contribution in [2.24, 2.45) is 11.7 Å². The Bertz CT molecular complexity index is 515. The molecule has 0 heterocycles. The average Bonchev–Trinajstić information content (AvgIpc) is 3.20. The highest BCUT2D eigenvalue weighted by atomic mass is 19.1. The van der Waals surface area contributed by atoms with Gasteiger partial charge in [0.2, 0.25) is 5.91 Å². The predicted octanol–water partition coefficient (Wildman–Crippen LogP) is 2.83. The van der Waals surface area contributed by atoms with Crippen LogP contribution in [0.4, 0.5) is 8.78 Å². The van der Waals surface area contributed by atoms with Crippen LogP contribution in [0.2, 0.25) is 0 Å². The first-order valence-electron chi connectivity index (χ1n) is 7.38. The molecule has 0 radical (unpaired) electrons. The minimum atomic E-state index is -0.620. The number of rotatable bonds is 6. The van der Waals surface area contributed by atoms with E-state index in [1.165, 1.54) is 12.1 Å². The Morgan fingerprint density at radius 2 is 2.05 bits per heavy atom. The summed E-state index contributed by atoms with van der Waals surface area (Å²) >= 11 is 0. The first-order chi connectivity index (χ1) is 9.88. The Kier molecular flexibility index (Phi) is 4.93. The minimum Gasteiger partial charge on any atom is -0.334 e. The zero-order valence-corrected chi connectivity index (χ0v) is 12.5. The van der Waals surface area contributed by atoms with Gasteiger partial charge in [-0.3, -0.25) is 4.79 Å². The molecule has 0 saturated heterocycles. The van der Waals surface area contributed by atoms with Gasteiger partial charge < -0.3 is 10.6 Å².